The monoisotopic (exact) mass is 283 g/mol. The van der Waals surface area contributed by atoms with Crippen molar-refractivity contribution in [2.75, 3.05) is 25.6 Å². The molecule has 0 spiro atoms. The third kappa shape index (κ3) is 3.51. The Morgan fingerprint density at radius 3 is 3.11 bits per heavy atom. The second-order valence-corrected chi connectivity index (χ2v) is 5.80. The quantitative estimate of drug-likeness (QED) is 0.847. The third-order valence-electron chi connectivity index (χ3n) is 2.36. The van der Waals surface area contributed by atoms with Crippen molar-refractivity contribution in [1.82, 2.24) is 9.97 Å². The van der Waals surface area contributed by atoms with E-state index in [1.165, 1.54) is 0 Å². The summed E-state index contributed by atoms with van der Waals surface area (Å²) in [6.07, 6.45) is 3.87. The molecule has 1 N–H and O–H groups in total. The zero-order valence-corrected chi connectivity index (χ0v) is 12.2. The van der Waals surface area contributed by atoms with E-state index in [-0.39, 0.29) is 0 Å². The number of aromatic nitrogens is 2. The number of methoxy groups -OCH3 is 1. The lowest BCUT2D eigenvalue weighted by molar-refractivity contribution is 0.202. The van der Waals surface area contributed by atoms with Crippen molar-refractivity contribution in [2.24, 2.45) is 0 Å². The smallest absolute Gasteiger partial charge is 0.183 e. The van der Waals surface area contributed by atoms with Crippen LogP contribution in [-0.4, -0.2) is 30.2 Å². The standard InChI is InChI=1S/C12H17N3OS2/c1-3-5-13-12-15-9(8-17-12)10-7-14-11(18-10)4-6-16-2/h7-8H,3-6H2,1-2H3,(H,13,15). The molecule has 2 rings (SSSR count). The van der Waals surface area contributed by atoms with Crippen LogP contribution in [0.25, 0.3) is 10.6 Å². The number of anilines is 1. The van der Waals surface area contributed by atoms with Crippen LogP contribution >= 0.6 is 22.7 Å². The average molecular weight is 283 g/mol. The Bertz CT molecular complexity index is 437. The van der Waals surface area contributed by atoms with Crippen molar-refractivity contribution >= 4 is 27.8 Å². The summed E-state index contributed by atoms with van der Waals surface area (Å²) in [5.74, 6) is 0. The Kier molecular flexibility index (Phi) is 5.10. The zero-order chi connectivity index (χ0) is 12.8. The summed E-state index contributed by atoms with van der Waals surface area (Å²) in [4.78, 5) is 10.1. The molecule has 0 atom stereocenters. The first-order valence-corrected chi connectivity index (χ1v) is 7.66. The van der Waals surface area contributed by atoms with Gasteiger partial charge in [0, 0.05) is 31.7 Å². The van der Waals surface area contributed by atoms with E-state index in [1.54, 1.807) is 29.8 Å². The van der Waals surface area contributed by atoms with Gasteiger partial charge in [0.2, 0.25) is 0 Å². The molecule has 6 heteroatoms. The number of rotatable bonds is 7. The largest absolute Gasteiger partial charge is 0.384 e. The van der Waals surface area contributed by atoms with Gasteiger partial charge in [-0.3, -0.25) is 0 Å². The highest BCUT2D eigenvalue weighted by Crippen LogP contribution is 2.29. The first-order valence-electron chi connectivity index (χ1n) is 5.97. The minimum atomic E-state index is 0.716. The second kappa shape index (κ2) is 6.82. The summed E-state index contributed by atoms with van der Waals surface area (Å²) >= 11 is 3.33. The molecule has 98 valence electrons. The lowest BCUT2D eigenvalue weighted by atomic mass is 10.4. The highest BCUT2D eigenvalue weighted by atomic mass is 32.1. The van der Waals surface area contributed by atoms with E-state index in [0.717, 1.165) is 40.1 Å². The molecule has 0 bridgehead atoms. The Balaban J connectivity index is 2.01. The highest BCUT2D eigenvalue weighted by Gasteiger charge is 2.08. The summed E-state index contributed by atoms with van der Waals surface area (Å²) in [6, 6.07) is 0. The van der Waals surface area contributed by atoms with Crippen molar-refractivity contribution in [1.29, 1.82) is 0 Å². The predicted octanol–water partition coefficient (Wildman–Crippen LogP) is 3.28. The van der Waals surface area contributed by atoms with Crippen molar-refractivity contribution in [3.05, 3.63) is 16.6 Å². The third-order valence-corrected chi connectivity index (χ3v) is 4.24. The van der Waals surface area contributed by atoms with E-state index in [9.17, 15) is 0 Å². The Labute approximate surface area is 115 Å². The van der Waals surface area contributed by atoms with Gasteiger partial charge in [0.25, 0.3) is 0 Å². The average Bonchev–Trinajstić information content (AvgIpc) is 3.02. The predicted molar refractivity (Wildman–Crippen MR) is 77.6 cm³/mol. The van der Waals surface area contributed by atoms with Crippen molar-refractivity contribution in [3.63, 3.8) is 0 Å². The van der Waals surface area contributed by atoms with Crippen LogP contribution < -0.4 is 5.32 Å². The molecule has 2 aromatic rings. The molecule has 0 aliphatic rings. The minimum absolute atomic E-state index is 0.716. The molecule has 0 fully saturated rings. The Morgan fingerprint density at radius 2 is 2.33 bits per heavy atom. The van der Waals surface area contributed by atoms with Gasteiger partial charge < -0.3 is 10.1 Å². The lowest BCUT2D eigenvalue weighted by Crippen LogP contribution is -1.98. The summed E-state index contributed by atoms with van der Waals surface area (Å²) in [5, 5.41) is 7.46. The van der Waals surface area contributed by atoms with E-state index < -0.39 is 0 Å². The number of nitrogens with zero attached hydrogens (tertiary/aromatic N) is 2. The van der Waals surface area contributed by atoms with Crippen LogP contribution in [0.15, 0.2) is 11.6 Å². The number of hydrogen-bond acceptors (Lipinski definition) is 6. The Hall–Kier alpha value is -0.980. The molecule has 0 radical (unpaired) electrons. The molecule has 0 aliphatic carbocycles. The van der Waals surface area contributed by atoms with Gasteiger partial charge in [-0.15, -0.1) is 22.7 Å². The van der Waals surface area contributed by atoms with Gasteiger partial charge >= 0.3 is 0 Å². The second-order valence-electron chi connectivity index (χ2n) is 3.83. The molecule has 4 nitrogen and oxygen atoms in total. The van der Waals surface area contributed by atoms with Gasteiger partial charge in [0.15, 0.2) is 5.13 Å². The normalized spacial score (nSPS) is 10.8. The van der Waals surface area contributed by atoms with Crippen LogP contribution in [0.4, 0.5) is 5.13 Å². The fraction of sp³-hybridized carbons (Fsp3) is 0.500. The maximum Gasteiger partial charge on any atom is 0.183 e. The van der Waals surface area contributed by atoms with Gasteiger partial charge in [0.05, 0.1) is 22.2 Å². The van der Waals surface area contributed by atoms with E-state index in [2.05, 4.69) is 27.6 Å². The molecule has 18 heavy (non-hydrogen) atoms. The SMILES string of the molecule is CCCNc1nc(-c2cnc(CCOC)s2)cs1. The summed E-state index contributed by atoms with van der Waals surface area (Å²) in [5.41, 5.74) is 1.01. The molecule has 0 saturated carbocycles. The topological polar surface area (TPSA) is 47.0 Å². The van der Waals surface area contributed by atoms with Crippen LogP contribution in [0.5, 0.6) is 0 Å². The zero-order valence-electron chi connectivity index (χ0n) is 10.6. The summed E-state index contributed by atoms with van der Waals surface area (Å²) in [6.45, 7) is 3.83. The van der Waals surface area contributed by atoms with Gasteiger partial charge in [0.1, 0.15) is 0 Å². The Morgan fingerprint density at radius 1 is 1.44 bits per heavy atom. The maximum absolute atomic E-state index is 5.05. The molecule has 0 aromatic carbocycles. The molecular weight excluding hydrogens is 266 g/mol. The first kappa shape index (κ1) is 13.5. The maximum atomic E-state index is 5.05. The van der Waals surface area contributed by atoms with Gasteiger partial charge in [-0.25, -0.2) is 9.97 Å². The van der Waals surface area contributed by atoms with Crippen molar-refractivity contribution in [2.45, 2.75) is 19.8 Å². The number of nitrogens with one attached hydrogen (secondary N) is 1. The van der Waals surface area contributed by atoms with Crippen LogP contribution in [0.1, 0.15) is 18.4 Å². The molecule has 2 heterocycles. The van der Waals surface area contributed by atoms with Gasteiger partial charge in [-0.2, -0.15) is 0 Å². The van der Waals surface area contributed by atoms with Crippen LogP contribution in [-0.2, 0) is 11.2 Å². The van der Waals surface area contributed by atoms with E-state index >= 15 is 0 Å². The summed E-state index contributed by atoms with van der Waals surface area (Å²) in [7, 11) is 1.71. The first-order chi connectivity index (χ1) is 8.83. The van der Waals surface area contributed by atoms with E-state index in [0.29, 0.717) is 6.61 Å². The van der Waals surface area contributed by atoms with Gasteiger partial charge in [-0.1, -0.05) is 6.92 Å². The van der Waals surface area contributed by atoms with Crippen molar-refractivity contribution < 1.29 is 4.74 Å². The van der Waals surface area contributed by atoms with Crippen LogP contribution in [0.3, 0.4) is 0 Å². The number of hydrogen-bond donors (Lipinski definition) is 1. The lowest BCUT2D eigenvalue weighted by Gasteiger charge is -1.96. The van der Waals surface area contributed by atoms with Crippen molar-refractivity contribution in [3.8, 4) is 10.6 Å². The molecule has 0 saturated heterocycles. The molecule has 2 aromatic heterocycles. The fourth-order valence-corrected chi connectivity index (χ4v) is 3.11. The van der Waals surface area contributed by atoms with Gasteiger partial charge in [-0.05, 0) is 6.42 Å². The fourth-order valence-electron chi connectivity index (χ4n) is 1.43. The molecule has 0 aliphatic heterocycles. The van der Waals surface area contributed by atoms with Crippen LogP contribution in [0, 0.1) is 0 Å². The van der Waals surface area contributed by atoms with E-state index in [1.807, 2.05) is 6.20 Å². The summed E-state index contributed by atoms with van der Waals surface area (Å²) < 4.78 is 5.05. The molecular formula is C12H17N3OS2. The van der Waals surface area contributed by atoms with Crippen LogP contribution in [0.2, 0.25) is 0 Å². The number of thiazole rings is 2. The van der Waals surface area contributed by atoms with E-state index in [4.69, 9.17) is 4.74 Å². The molecule has 0 amide bonds. The highest BCUT2D eigenvalue weighted by molar-refractivity contribution is 7.16. The minimum Gasteiger partial charge on any atom is -0.384 e. The molecule has 0 unspecified atom stereocenters. The number of ether oxygens (including phenoxy) is 1.